The number of halogens is 6. The molecule has 0 unspecified atom stereocenters. The van der Waals surface area contributed by atoms with Gasteiger partial charge in [0.05, 0.1) is 12.2 Å². The summed E-state index contributed by atoms with van der Waals surface area (Å²) in [6, 6.07) is 13.6. The van der Waals surface area contributed by atoms with E-state index in [2.05, 4.69) is 0 Å². The summed E-state index contributed by atoms with van der Waals surface area (Å²) in [6.45, 7) is 0.608. The summed E-state index contributed by atoms with van der Waals surface area (Å²) in [4.78, 5) is 12.5. The van der Waals surface area contributed by atoms with Crippen molar-refractivity contribution in [1.29, 1.82) is 0 Å². The smallest absolute Gasteiger partial charge is 0.426 e. The molecule has 0 saturated carbocycles. The average Bonchev–Trinajstić information content (AvgIpc) is 2.65. The van der Waals surface area contributed by atoms with Gasteiger partial charge in [-0.25, -0.2) is 4.79 Å². The topological polar surface area (TPSA) is 46.5 Å². The monoisotopic (exact) mass is 430 g/mol. The molecule has 3 aromatic rings. The number of esters is 1. The third kappa shape index (κ3) is 3.69. The van der Waals surface area contributed by atoms with E-state index in [9.17, 15) is 36.2 Å². The van der Waals surface area contributed by atoms with Crippen molar-refractivity contribution < 1.29 is 41.0 Å². The van der Waals surface area contributed by atoms with Crippen LogP contribution in [-0.2, 0) is 4.74 Å². The molecule has 3 rings (SSSR count). The van der Waals surface area contributed by atoms with Crippen LogP contribution in [0, 0.1) is 6.92 Å². The Morgan fingerprint density at radius 3 is 2.13 bits per heavy atom. The second kappa shape index (κ2) is 7.46. The second-order valence-corrected chi connectivity index (χ2v) is 6.88. The number of carbonyl (C=O) groups is 1. The zero-order valence-corrected chi connectivity index (χ0v) is 15.6. The summed E-state index contributed by atoms with van der Waals surface area (Å²) in [5.41, 5.74) is -4.03. The first-order valence-electron chi connectivity index (χ1n) is 8.81. The molecule has 0 amide bonds. The Balaban J connectivity index is 1.92. The number of rotatable bonds is 4. The molecule has 0 saturated heterocycles. The van der Waals surface area contributed by atoms with Crippen molar-refractivity contribution in [3.63, 3.8) is 0 Å². The molecule has 0 aromatic heterocycles. The molecule has 0 aliphatic heterocycles. The second-order valence-electron chi connectivity index (χ2n) is 6.88. The van der Waals surface area contributed by atoms with Crippen LogP contribution >= 0.6 is 0 Å². The fraction of sp³-hybridized carbons (Fsp3) is 0.286. The van der Waals surface area contributed by atoms with Crippen molar-refractivity contribution in [2.24, 2.45) is 0 Å². The van der Waals surface area contributed by atoms with Crippen LogP contribution in [0.3, 0.4) is 0 Å². The van der Waals surface area contributed by atoms with Gasteiger partial charge in [0.1, 0.15) is 0 Å². The van der Waals surface area contributed by atoms with Crippen LogP contribution in [0.1, 0.15) is 22.3 Å². The van der Waals surface area contributed by atoms with E-state index < -0.39 is 37.0 Å². The zero-order valence-electron chi connectivity index (χ0n) is 15.6. The van der Waals surface area contributed by atoms with E-state index in [0.717, 1.165) is 10.9 Å². The predicted octanol–water partition coefficient (Wildman–Crippen LogP) is 5.70. The molecule has 0 aliphatic carbocycles. The standard InChI is InChI=1S/C21H16F6O3/c1-12-5-4-6-13-11-16(14-7-2-3-8-15(14)17(12)13)18(28)30-10-9-19(29,20(22,23)24)21(25,26)27/h2-8,11,29H,9-10H2,1H3. The highest BCUT2D eigenvalue weighted by molar-refractivity contribution is 6.16. The Morgan fingerprint density at radius 2 is 1.53 bits per heavy atom. The maximum absolute atomic E-state index is 12.8. The Hall–Kier alpha value is -2.81. The van der Waals surface area contributed by atoms with Gasteiger partial charge in [-0.05, 0) is 40.1 Å². The highest BCUT2D eigenvalue weighted by Gasteiger charge is 2.70. The predicted molar refractivity (Wildman–Crippen MR) is 98.2 cm³/mol. The number of hydrogen-bond donors (Lipinski definition) is 1. The van der Waals surface area contributed by atoms with E-state index in [1.165, 1.54) is 6.07 Å². The molecule has 0 heterocycles. The van der Waals surface area contributed by atoms with Gasteiger partial charge >= 0.3 is 18.3 Å². The largest absolute Gasteiger partial charge is 0.462 e. The molecule has 0 atom stereocenters. The van der Waals surface area contributed by atoms with E-state index in [0.29, 0.717) is 16.2 Å². The normalized spacial score (nSPS) is 13.1. The van der Waals surface area contributed by atoms with E-state index in [1.807, 2.05) is 13.0 Å². The summed E-state index contributed by atoms with van der Waals surface area (Å²) in [5, 5.41) is 11.9. The van der Waals surface area contributed by atoms with Crippen LogP contribution in [0.5, 0.6) is 0 Å². The molecule has 0 bridgehead atoms. The highest BCUT2D eigenvalue weighted by atomic mass is 19.4. The van der Waals surface area contributed by atoms with Crippen molar-refractivity contribution in [2.75, 3.05) is 6.61 Å². The van der Waals surface area contributed by atoms with Crippen LogP contribution < -0.4 is 0 Å². The average molecular weight is 430 g/mol. The van der Waals surface area contributed by atoms with E-state index in [-0.39, 0.29) is 5.56 Å². The Kier molecular flexibility index (Phi) is 5.44. The van der Waals surface area contributed by atoms with Gasteiger partial charge in [-0.3, -0.25) is 0 Å². The number of carbonyl (C=O) groups excluding carboxylic acids is 1. The first-order chi connectivity index (χ1) is 13.9. The maximum atomic E-state index is 12.8. The van der Waals surface area contributed by atoms with Crippen molar-refractivity contribution in [2.45, 2.75) is 31.3 Å². The van der Waals surface area contributed by atoms with E-state index in [4.69, 9.17) is 4.74 Å². The minimum atomic E-state index is -5.97. The fourth-order valence-electron chi connectivity index (χ4n) is 3.33. The summed E-state index contributed by atoms with van der Waals surface area (Å²) in [6.07, 6.45) is -13.8. The number of alkyl halides is 6. The number of hydrogen-bond acceptors (Lipinski definition) is 3. The molecule has 0 aliphatic rings. The molecule has 30 heavy (non-hydrogen) atoms. The summed E-state index contributed by atoms with van der Waals surface area (Å²) < 4.78 is 81.2. The third-order valence-corrected chi connectivity index (χ3v) is 4.95. The van der Waals surface area contributed by atoms with Crippen molar-refractivity contribution in [3.05, 3.63) is 59.7 Å². The van der Waals surface area contributed by atoms with Gasteiger partial charge in [-0.2, -0.15) is 26.3 Å². The Morgan fingerprint density at radius 1 is 0.933 bits per heavy atom. The minimum absolute atomic E-state index is 0.00579. The lowest BCUT2D eigenvalue weighted by molar-refractivity contribution is -0.371. The quantitative estimate of drug-likeness (QED) is 0.328. The molecular weight excluding hydrogens is 414 g/mol. The van der Waals surface area contributed by atoms with E-state index >= 15 is 0 Å². The van der Waals surface area contributed by atoms with Gasteiger partial charge in [0, 0.05) is 6.42 Å². The summed E-state index contributed by atoms with van der Waals surface area (Å²) >= 11 is 0. The zero-order chi connectivity index (χ0) is 22.3. The summed E-state index contributed by atoms with van der Waals surface area (Å²) in [7, 11) is 0. The van der Waals surface area contributed by atoms with Gasteiger partial charge in [-0.15, -0.1) is 0 Å². The van der Waals surface area contributed by atoms with Gasteiger partial charge in [0.15, 0.2) is 0 Å². The van der Waals surface area contributed by atoms with E-state index in [1.54, 1.807) is 36.4 Å². The lowest BCUT2D eigenvalue weighted by Crippen LogP contribution is -2.57. The molecular formula is C21H16F6O3. The minimum Gasteiger partial charge on any atom is -0.462 e. The Bertz CT molecular complexity index is 1090. The number of aliphatic hydroxyl groups is 1. The van der Waals surface area contributed by atoms with Crippen LogP contribution in [0.2, 0.25) is 0 Å². The van der Waals surface area contributed by atoms with Crippen molar-refractivity contribution >= 4 is 27.5 Å². The van der Waals surface area contributed by atoms with Crippen LogP contribution in [-0.4, -0.2) is 35.6 Å². The SMILES string of the molecule is Cc1cccc2cc(C(=O)OCCC(O)(C(F)(F)F)C(F)(F)F)c3ccccc3c12. The van der Waals surface area contributed by atoms with Crippen molar-refractivity contribution in [3.8, 4) is 0 Å². The van der Waals surface area contributed by atoms with Gasteiger partial charge in [-0.1, -0.05) is 42.5 Å². The lowest BCUT2D eigenvalue weighted by Gasteiger charge is -2.32. The molecule has 9 heteroatoms. The molecule has 3 nitrogen and oxygen atoms in total. The third-order valence-electron chi connectivity index (χ3n) is 4.95. The van der Waals surface area contributed by atoms with Crippen molar-refractivity contribution in [1.82, 2.24) is 0 Å². The lowest BCUT2D eigenvalue weighted by atomic mass is 9.94. The van der Waals surface area contributed by atoms with Gasteiger partial charge < -0.3 is 9.84 Å². The number of aryl methyl sites for hydroxylation is 1. The molecule has 0 radical (unpaired) electrons. The molecule has 0 fully saturated rings. The van der Waals surface area contributed by atoms with Gasteiger partial charge in [0.2, 0.25) is 0 Å². The number of benzene rings is 3. The van der Waals surface area contributed by atoms with Crippen LogP contribution in [0.4, 0.5) is 26.3 Å². The molecule has 0 spiro atoms. The molecule has 160 valence electrons. The maximum Gasteiger partial charge on any atom is 0.426 e. The molecule has 1 N–H and O–H groups in total. The highest BCUT2D eigenvalue weighted by Crippen LogP contribution is 2.45. The molecule has 3 aromatic carbocycles. The van der Waals surface area contributed by atoms with Crippen LogP contribution in [0.15, 0.2) is 48.5 Å². The first-order valence-corrected chi connectivity index (χ1v) is 8.81. The Labute approximate surface area is 166 Å². The van der Waals surface area contributed by atoms with Gasteiger partial charge in [0.25, 0.3) is 5.60 Å². The fourth-order valence-corrected chi connectivity index (χ4v) is 3.33. The number of fused-ring (bicyclic) bond motifs is 3. The first kappa shape index (κ1) is 21.9. The van der Waals surface area contributed by atoms with Crippen LogP contribution in [0.25, 0.3) is 21.5 Å². The number of ether oxygens (including phenoxy) is 1. The summed E-state index contributed by atoms with van der Waals surface area (Å²) in [5.74, 6) is -1.08.